The summed E-state index contributed by atoms with van der Waals surface area (Å²) in [6.45, 7) is 5.11. The lowest BCUT2D eigenvalue weighted by Crippen LogP contribution is -2.23. The summed E-state index contributed by atoms with van der Waals surface area (Å²) < 4.78 is 1.98. The fraction of sp³-hybridized carbons (Fsp3) is 0.304. The van der Waals surface area contributed by atoms with Crippen molar-refractivity contribution in [2.45, 2.75) is 39.7 Å². The highest BCUT2D eigenvalue weighted by Crippen LogP contribution is 2.23. The fourth-order valence-electron chi connectivity index (χ4n) is 3.61. The van der Waals surface area contributed by atoms with Crippen LogP contribution in [-0.2, 0) is 13.0 Å². The number of hydrogen-bond donors (Lipinski definition) is 0. The van der Waals surface area contributed by atoms with E-state index >= 15 is 0 Å². The smallest absolute Gasteiger partial charge is 0.258 e. The Kier molecular flexibility index (Phi) is 4.34. The highest BCUT2D eigenvalue weighted by Gasteiger charge is 2.16. The Balaban J connectivity index is 1.83. The SMILES string of the molecule is Cc1cc2c(=O)n3c(cc2cc1C#Cc1ccccn1)CCC(C)CC3. The van der Waals surface area contributed by atoms with Gasteiger partial charge in [0.25, 0.3) is 5.56 Å². The standard InChI is InChI=1S/C23H22N2O/c1-16-6-9-21-15-19-14-18(7-8-20-5-3-4-11-24-20)17(2)13-22(19)23(26)25(21)12-10-16/h3-5,11,13-16H,6,9-10,12H2,1-2H3. The average molecular weight is 342 g/mol. The van der Waals surface area contributed by atoms with Crippen LogP contribution in [0.4, 0.5) is 0 Å². The van der Waals surface area contributed by atoms with E-state index in [1.165, 1.54) is 0 Å². The molecule has 0 bridgehead atoms. The zero-order valence-electron chi connectivity index (χ0n) is 15.2. The van der Waals surface area contributed by atoms with Gasteiger partial charge >= 0.3 is 0 Å². The molecule has 4 rings (SSSR count). The van der Waals surface area contributed by atoms with Gasteiger partial charge in [0.05, 0.1) is 0 Å². The van der Waals surface area contributed by atoms with Crippen molar-refractivity contribution >= 4 is 10.8 Å². The molecule has 0 N–H and O–H groups in total. The summed E-state index contributed by atoms with van der Waals surface area (Å²) >= 11 is 0. The van der Waals surface area contributed by atoms with Crippen LogP contribution < -0.4 is 5.56 Å². The van der Waals surface area contributed by atoms with E-state index in [1.54, 1.807) is 6.20 Å². The van der Waals surface area contributed by atoms with Crippen molar-refractivity contribution in [2.75, 3.05) is 0 Å². The van der Waals surface area contributed by atoms with Gasteiger partial charge in [-0.05, 0) is 79.3 Å². The molecule has 3 heterocycles. The second-order valence-electron chi connectivity index (χ2n) is 7.24. The molecule has 2 aromatic heterocycles. The van der Waals surface area contributed by atoms with Gasteiger partial charge in [0.2, 0.25) is 0 Å². The summed E-state index contributed by atoms with van der Waals surface area (Å²) in [5, 5.41) is 1.79. The Morgan fingerprint density at radius 2 is 2.04 bits per heavy atom. The van der Waals surface area contributed by atoms with Gasteiger partial charge in [-0.15, -0.1) is 0 Å². The van der Waals surface area contributed by atoms with Crippen LogP contribution >= 0.6 is 0 Å². The first kappa shape index (κ1) is 16.6. The molecule has 1 aliphatic heterocycles. The summed E-state index contributed by atoms with van der Waals surface area (Å²) in [5.41, 5.74) is 4.02. The Labute approximate surface area is 153 Å². The van der Waals surface area contributed by atoms with Crippen molar-refractivity contribution in [3.8, 4) is 11.8 Å². The maximum Gasteiger partial charge on any atom is 0.258 e. The van der Waals surface area contributed by atoms with Crippen LogP contribution in [0, 0.1) is 24.7 Å². The molecule has 1 aromatic carbocycles. The average Bonchev–Trinajstić information content (AvgIpc) is 2.84. The zero-order valence-corrected chi connectivity index (χ0v) is 15.2. The van der Waals surface area contributed by atoms with E-state index in [0.717, 1.165) is 59.1 Å². The minimum absolute atomic E-state index is 0.138. The number of fused-ring (bicyclic) bond motifs is 2. The lowest BCUT2D eigenvalue weighted by Gasteiger charge is -2.12. The van der Waals surface area contributed by atoms with Crippen LogP contribution in [0.3, 0.4) is 0 Å². The molecule has 0 spiro atoms. The van der Waals surface area contributed by atoms with Crippen molar-refractivity contribution < 1.29 is 0 Å². The van der Waals surface area contributed by atoms with Crippen molar-refractivity contribution in [3.63, 3.8) is 0 Å². The number of hydrogen-bond acceptors (Lipinski definition) is 2. The predicted molar refractivity (Wildman–Crippen MR) is 105 cm³/mol. The quantitative estimate of drug-likeness (QED) is 0.577. The first-order valence-electron chi connectivity index (χ1n) is 9.22. The maximum absolute atomic E-state index is 13.0. The Hall–Kier alpha value is -2.86. The van der Waals surface area contributed by atoms with Gasteiger partial charge in [-0.3, -0.25) is 4.79 Å². The maximum atomic E-state index is 13.0. The lowest BCUT2D eigenvalue weighted by atomic mass is 10.0. The Bertz CT molecular complexity index is 1080. The van der Waals surface area contributed by atoms with Gasteiger partial charge in [-0.2, -0.15) is 0 Å². The summed E-state index contributed by atoms with van der Waals surface area (Å²) in [6.07, 6.45) is 4.93. The zero-order chi connectivity index (χ0) is 18.1. The van der Waals surface area contributed by atoms with Crippen LogP contribution in [0.5, 0.6) is 0 Å². The molecule has 3 aromatic rings. The van der Waals surface area contributed by atoms with Gasteiger partial charge in [-0.25, -0.2) is 4.98 Å². The molecule has 0 radical (unpaired) electrons. The highest BCUT2D eigenvalue weighted by molar-refractivity contribution is 5.84. The number of pyridine rings is 2. The van der Waals surface area contributed by atoms with E-state index in [-0.39, 0.29) is 5.56 Å². The molecule has 3 heteroatoms. The molecule has 0 saturated heterocycles. The molecule has 0 fully saturated rings. The number of benzene rings is 1. The topological polar surface area (TPSA) is 34.9 Å². The highest BCUT2D eigenvalue weighted by atomic mass is 16.1. The van der Waals surface area contributed by atoms with Gasteiger partial charge in [0.1, 0.15) is 5.69 Å². The molecule has 0 amide bonds. The molecule has 130 valence electrons. The second kappa shape index (κ2) is 6.80. The minimum atomic E-state index is 0.138. The molecular formula is C23H22N2O. The summed E-state index contributed by atoms with van der Waals surface area (Å²) in [5.74, 6) is 7.00. The summed E-state index contributed by atoms with van der Waals surface area (Å²) in [6, 6.07) is 11.9. The third kappa shape index (κ3) is 3.15. The molecule has 0 saturated carbocycles. The van der Waals surface area contributed by atoms with Crippen molar-refractivity contribution in [3.05, 3.63) is 75.5 Å². The van der Waals surface area contributed by atoms with Crippen molar-refractivity contribution in [1.29, 1.82) is 0 Å². The van der Waals surface area contributed by atoms with Crippen molar-refractivity contribution in [2.24, 2.45) is 5.92 Å². The van der Waals surface area contributed by atoms with Gasteiger partial charge in [0, 0.05) is 29.4 Å². The van der Waals surface area contributed by atoms with E-state index in [1.807, 2.05) is 35.8 Å². The number of rotatable bonds is 0. The van der Waals surface area contributed by atoms with E-state index in [9.17, 15) is 4.79 Å². The van der Waals surface area contributed by atoms with Crippen LogP contribution in [0.15, 0.2) is 47.4 Å². The molecule has 1 unspecified atom stereocenters. The number of aryl methyl sites for hydroxylation is 2. The van der Waals surface area contributed by atoms with Crippen LogP contribution in [0.2, 0.25) is 0 Å². The van der Waals surface area contributed by atoms with Crippen molar-refractivity contribution in [1.82, 2.24) is 9.55 Å². The van der Waals surface area contributed by atoms with E-state index < -0.39 is 0 Å². The Morgan fingerprint density at radius 3 is 2.85 bits per heavy atom. The van der Waals surface area contributed by atoms with E-state index in [4.69, 9.17) is 0 Å². The van der Waals surface area contributed by atoms with Crippen LogP contribution in [0.1, 0.15) is 42.3 Å². The van der Waals surface area contributed by atoms with Gasteiger partial charge in [0.15, 0.2) is 0 Å². The van der Waals surface area contributed by atoms with E-state index in [2.05, 4.69) is 35.9 Å². The van der Waals surface area contributed by atoms with E-state index in [0.29, 0.717) is 5.92 Å². The molecule has 26 heavy (non-hydrogen) atoms. The first-order valence-corrected chi connectivity index (χ1v) is 9.22. The molecule has 3 nitrogen and oxygen atoms in total. The van der Waals surface area contributed by atoms with Crippen LogP contribution in [-0.4, -0.2) is 9.55 Å². The molecule has 0 aliphatic carbocycles. The summed E-state index contributed by atoms with van der Waals surface area (Å²) in [7, 11) is 0. The monoisotopic (exact) mass is 342 g/mol. The number of nitrogens with zero attached hydrogens (tertiary/aromatic N) is 2. The second-order valence-corrected chi connectivity index (χ2v) is 7.24. The normalized spacial score (nSPS) is 16.5. The minimum Gasteiger partial charge on any atom is -0.312 e. The van der Waals surface area contributed by atoms with Gasteiger partial charge in [-0.1, -0.05) is 18.9 Å². The summed E-state index contributed by atoms with van der Waals surface area (Å²) in [4.78, 5) is 17.2. The largest absolute Gasteiger partial charge is 0.312 e. The fourth-order valence-corrected chi connectivity index (χ4v) is 3.61. The third-order valence-corrected chi connectivity index (χ3v) is 5.27. The predicted octanol–water partition coefficient (Wildman–Crippen LogP) is 4.08. The lowest BCUT2D eigenvalue weighted by molar-refractivity contribution is 0.484. The van der Waals surface area contributed by atoms with Gasteiger partial charge < -0.3 is 4.57 Å². The molecule has 1 atom stereocenters. The third-order valence-electron chi connectivity index (χ3n) is 5.27. The number of aromatic nitrogens is 2. The molecule has 1 aliphatic rings. The first-order chi connectivity index (χ1) is 12.6. The Morgan fingerprint density at radius 1 is 1.15 bits per heavy atom. The molecular weight excluding hydrogens is 320 g/mol. The van der Waals surface area contributed by atoms with Crippen LogP contribution in [0.25, 0.3) is 10.8 Å².